The highest BCUT2D eigenvalue weighted by Crippen LogP contribution is 2.13. The van der Waals surface area contributed by atoms with Gasteiger partial charge in [0.2, 0.25) is 0 Å². The summed E-state index contributed by atoms with van der Waals surface area (Å²) in [4.78, 5) is 0. The summed E-state index contributed by atoms with van der Waals surface area (Å²) < 4.78 is 0. The van der Waals surface area contributed by atoms with Crippen LogP contribution in [0.5, 0.6) is 0 Å². The fraction of sp³-hybridized carbons (Fsp3) is 0. The van der Waals surface area contributed by atoms with Crippen LogP contribution in [0, 0.1) is 0 Å². The molecule has 0 aliphatic rings. The van der Waals surface area contributed by atoms with Crippen LogP contribution < -0.4 is 27.2 Å². The van der Waals surface area contributed by atoms with Gasteiger partial charge in [-0.2, -0.15) is 0 Å². The monoisotopic (exact) mass is 333 g/mol. The van der Waals surface area contributed by atoms with Gasteiger partial charge in [-0.3, -0.25) is 10.7 Å². The molecule has 0 aliphatic carbocycles. The largest absolute Gasteiger partial charge is 0.399 e. The second kappa shape index (κ2) is 7.55. The van der Waals surface area contributed by atoms with Crippen molar-refractivity contribution in [1.29, 1.82) is 0 Å². The molecule has 2 aromatic carbocycles. The van der Waals surface area contributed by atoms with Gasteiger partial charge in [-0.1, -0.05) is 0 Å². The summed E-state index contributed by atoms with van der Waals surface area (Å²) in [6.45, 7) is 0. The molecule has 22 heavy (non-hydrogen) atoms. The molecule has 0 fully saturated rings. The van der Waals surface area contributed by atoms with Gasteiger partial charge < -0.3 is 21.7 Å². The van der Waals surface area contributed by atoms with Gasteiger partial charge >= 0.3 is 0 Å². The molecule has 0 saturated carbocycles. The van der Waals surface area contributed by atoms with E-state index in [9.17, 15) is 0 Å². The zero-order valence-corrected chi connectivity index (χ0v) is 13.1. The lowest BCUT2D eigenvalue weighted by molar-refractivity contribution is 0.389. The second-order valence-corrected chi connectivity index (χ2v) is 5.16. The lowest BCUT2D eigenvalue weighted by atomic mass is 10.3. The van der Waals surface area contributed by atoms with Crippen LogP contribution in [-0.4, -0.2) is 15.4 Å². The Kier molecular flexibility index (Phi) is 5.48. The first-order chi connectivity index (χ1) is 10.6. The lowest BCUT2D eigenvalue weighted by Crippen LogP contribution is -2.37. The first-order valence-electron chi connectivity index (χ1n) is 6.31. The molecule has 0 aliphatic heterocycles. The van der Waals surface area contributed by atoms with E-state index in [4.69, 9.17) is 35.4 Å². The van der Waals surface area contributed by atoms with Gasteiger partial charge in [0.15, 0.2) is 10.2 Å². The minimum absolute atomic E-state index is 0.359. The molecule has 2 rings (SSSR count). The Morgan fingerprint density at radius 2 is 1.18 bits per heavy atom. The molecule has 6 nitrogen and oxygen atoms in total. The van der Waals surface area contributed by atoms with Crippen molar-refractivity contribution in [3.63, 3.8) is 0 Å². The number of rotatable bonds is 3. The Hall–Kier alpha value is -2.42. The number of nitrogens with two attached hydrogens (primary N) is 1. The SMILES string of the molecule is Nc1ccc(NC(=S)NC(=S)Nc2ccc(NO)cc2)cc1. The van der Waals surface area contributed by atoms with Crippen LogP contribution in [0.3, 0.4) is 0 Å². The van der Waals surface area contributed by atoms with E-state index in [1.807, 2.05) is 12.1 Å². The van der Waals surface area contributed by atoms with Crippen molar-refractivity contribution < 1.29 is 5.21 Å². The predicted octanol–water partition coefficient (Wildman–Crippen LogP) is 2.75. The Balaban J connectivity index is 1.85. The van der Waals surface area contributed by atoms with E-state index >= 15 is 0 Å². The standard InChI is InChI=1S/C14H15N5OS2/c15-9-1-3-10(4-2-9)16-13(21)18-14(22)17-11-5-7-12(19-20)8-6-11/h1-8,19-20H,15H2,(H3,16,17,18,21,22). The van der Waals surface area contributed by atoms with Crippen LogP contribution in [0.15, 0.2) is 48.5 Å². The third-order valence-corrected chi connectivity index (χ3v) is 3.08. The van der Waals surface area contributed by atoms with E-state index < -0.39 is 0 Å². The first-order valence-corrected chi connectivity index (χ1v) is 7.13. The molecule has 0 aromatic heterocycles. The Morgan fingerprint density at radius 3 is 1.64 bits per heavy atom. The average molecular weight is 333 g/mol. The van der Waals surface area contributed by atoms with E-state index in [0.29, 0.717) is 21.6 Å². The van der Waals surface area contributed by atoms with Crippen LogP contribution in [-0.2, 0) is 0 Å². The Morgan fingerprint density at radius 1 is 0.773 bits per heavy atom. The van der Waals surface area contributed by atoms with E-state index in [1.54, 1.807) is 36.4 Å². The minimum Gasteiger partial charge on any atom is -0.399 e. The fourth-order valence-electron chi connectivity index (χ4n) is 1.62. The molecule has 0 amide bonds. The molecular formula is C14H15N5OS2. The number of benzene rings is 2. The van der Waals surface area contributed by atoms with Crippen LogP contribution in [0.4, 0.5) is 22.7 Å². The van der Waals surface area contributed by atoms with Crippen LogP contribution in [0.1, 0.15) is 0 Å². The van der Waals surface area contributed by atoms with Crippen LogP contribution in [0.2, 0.25) is 0 Å². The summed E-state index contributed by atoms with van der Waals surface area (Å²) in [6.07, 6.45) is 0. The Bertz CT molecular complexity index is 658. The molecular weight excluding hydrogens is 318 g/mol. The summed E-state index contributed by atoms with van der Waals surface area (Å²) in [7, 11) is 0. The summed E-state index contributed by atoms with van der Waals surface area (Å²) in [6, 6.07) is 14.1. The zero-order valence-electron chi connectivity index (χ0n) is 11.5. The van der Waals surface area contributed by atoms with E-state index in [-0.39, 0.29) is 0 Å². The molecule has 8 heteroatoms. The van der Waals surface area contributed by atoms with Gasteiger partial charge in [-0.25, -0.2) is 0 Å². The number of nitrogen functional groups attached to an aromatic ring is 1. The minimum atomic E-state index is 0.359. The van der Waals surface area contributed by atoms with E-state index in [0.717, 1.165) is 11.4 Å². The van der Waals surface area contributed by atoms with Gasteiger partial charge in [0, 0.05) is 17.1 Å². The molecule has 114 valence electrons. The maximum atomic E-state index is 8.74. The number of nitrogens with one attached hydrogen (secondary N) is 4. The Labute approximate surface area is 138 Å². The molecule has 0 atom stereocenters. The third kappa shape index (κ3) is 4.85. The van der Waals surface area contributed by atoms with E-state index in [2.05, 4.69) is 21.4 Å². The van der Waals surface area contributed by atoms with Gasteiger partial charge in [0.05, 0.1) is 5.69 Å². The van der Waals surface area contributed by atoms with Crippen molar-refractivity contribution in [2.24, 2.45) is 0 Å². The van der Waals surface area contributed by atoms with Gasteiger partial charge in [0.1, 0.15) is 0 Å². The van der Waals surface area contributed by atoms with Crippen LogP contribution in [0.25, 0.3) is 0 Å². The lowest BCUT2D eigenvalue weighted by Gasteiger charge is -2.13. The molecule has 0 saturated heterocycles. The maximum Gasteiger partial charge on any atom is 0.177 e. The zero-order chi connectivity index (χ0) is 15.9. The molecule has 7 N–H and O–H groups in total. The predicted molar refractivity (Wildman–Crippen MR) is 98.3 cm³/mol. The molecule has 0 radical (unpaired) electrons. The van der Waals surface area contributed by atoms with Crippen molar-refractivity contribution in [3.05, 3.63) is 48.5 Å². The number of thiocarbonyl (C=S) groups is 2. The van der Waals surface area contributed by atoms with E-state index in [1.165, 1.54) is 0 Å². The highest BCUT2D eigenvalue weighted by molar-refractivity contribution is 7.82. The number of hydrogen-bond donors (Lipinski definition) is 6. The molecule has 0 spiro atoms. The summed E-state index contributed by atoms with van der Waals surface area (Å²) in [5.74, 6) is 0. The maximum absolute atomic E-state index is 8.74. The van der Waals surface area contributed by atoms with Gasteiger partial charge in [-0.15, -0.1) is 0 Å². The smallest absolute Gasteiger partial charge is 0.177 e. The van der Waals surface area contributed by atoms with Crippen molar-refractivity contribution in [2.75, 3.05) is 21.8 Å². The van der Waals surface area contributed by atoms with Gasteiger partial charge in [-0.05, 0) is 73.0 Å². The summed E-state index contributed by atoms with van der Waals surface area (Å²) in [5.41, 5.74) is 10.5. The van der Waals surface area contributed by atoms with Crippen molar-refractivity contribution in [1.82, 2.24) is 5.32 Å². The van der Waals surface area contributed by atoms with Crippen molar-refractivity contribution >= 4 is 57.4 Å². The highest BCUT2D eigenvalue weighted by Gasteiger charge is 2.02. The quantitative estimate of drug-likeness (QED) is 0.290. The molecule has 0 unspecified atom stereocenters. The average Bonchev–Trinajstić information content (AvgIpc) is 2.50. The summed E-state index contributed by atoms with van der Waals surface area (Å²) >= 11 is 10.4. The summed E-state index contributed by atoms with van der Waals surface area (Å²) in [5, 5.41) is 18.3. The van der Waals surface area contributed by atoms with Crippen molar-refractivity contribution in [2.45, 2.75) is 0 Å². The third-order valence-electron chi connectivity index (χ3n) is 2.67. The van der Waals surface area contributed by atoms with Gasteiger partial charge in [0.25, 0.3) is 0 Å². The molecule has 0 heterocycles. The van der Waals surface area contributed by atoms with Crippen LogP contribution >= 0.6 is 24.4 Å². The first kappa shape index (κ1) is 16.0. The molecule has 0 bridgehead atoms. The topological polar surface area (TPSA) is 94.4 Å². The molecule has 2 aromatic rings. The number of anilines is 4. The number of hydrogen-bond acceptors (Lipinski definition) is 5. The normalized spacial score (nSPS) is 9.68. The van der Waals surface area contributed by atoms with Crippen molar-refractivity contribution in [3.8, 4) is 0 Å². The highest BCUT2D eigenvalue weighted by atomic mass is 32.1. The second-order valence-electron chi connectivity index (χ2n) is 4.34. The fourth-order valence-corrected chi connectivity index (χ4v) is 2.13.